The van der Waals surface area contributed by atoms with Crippen molar-refractivity contribution in [1.82, 2.24) is 4.98 Å². The number of pyridine rings is 1. The number of hydrogen-bond donors (Lipinski definition) is 0. The zero-order chi connectivity index (χ0) is 4.24. The van der Waals surface area contributed by atoms with Crippen molar-refractivity contribution in [2.45, 2.75) is 0 Å². The summed E-state index contributed by atoms with van der Waals surface area (Å²) in [6.07, 6.45) is 3.50. The molecule has 0 aliphatic carbocycles. The van der Waals surface area contributed by atoms with Gasteiger partial charge in [0, 0.05) is 31.9 Å². The van der Waals surface area contributed by atoms with Crippen molar-refractivity contribution >= 4 is 18.0 Å². The van der Waals surface area contributed by atoms with Crippen molar-refractivity contribution < 1.29 is 25.0 Å². The van der Waals surface area contributed by atoms with E-state index in [9.17, 15) is 0 Å². The molecular formula is C5H10AsNOZn. The molecule has 0 amide bonds. The molecule has 48 valence electrons. The summed E-state index contributed by atoms with van der Waals surface area (Å²) >= 11 is 0. The van der Waals surface area contributed by atoms with Gasteiger partial charge in [-0.1, -0.05) is 6.07 Å². The monoisotopic (exact) mass is 239 g/mol. The van der Waals surface area contributed by atoms with Gasteiger partial charge in [-0.3, -0.25) is 4.98 Å². The van der Waals surface area contributed by atoms with Crippen molar-refractivity contribution in [2.24, 2.45) is 0 Å². The molecule has 1 atom stereocenters. The van der Waals surface area contributed by atoms with Crippen LogP contribution in [0.1, 0.15) is 0 Å². The topological polar surface area (TPSA) is 44.4 Å². The molecule has 0 saturated heterocycles. The Bertz CT molecular complexity index is 88.9. The van der Waals surface area contributed by atoms with E-state index in [0.717, 1.165) is 0 Å². The first-order chi connectivity index (χ1) is 3.00. The van der Waals surface area contributed by atoms with Gasteiger partial charge >= 0.3 is 18.0 Å². The zero-order valence-corrected chi connectivity index (χ0v) is 11.2. The molecule has 0 saturated carbocycles. The summed E-state index contributed by atoms with van der Waals surface area (Å²) in [7, 11) is 0. The largest absolute Gasteiger partial charge is 0.265 e. The summed E-state index contributed by atoms with van der Waals surface area (Å²) in [4.78, 5) is 3.78. The number of nitrogens with zero attached hydrogens (tertiary/aromatic N) is 1. The standard InChI is InChI=1S/C5H5N.AsH3.H2O.Zn/c1-2-4-6-5-3-1;;;/h1-5H;1H3;1H2;. The molecule has 1 aromatic heterocycles. The Balaban J connectivity index is -0.000000120. The number of hydrogen-bond acceptors (Lipinski definition) is 1. The van der Waals surface area contributed by atoms with E-state index in [1.54, 1.807) is 12.4 Å². The Morgan fingerprint density at radius 2 is 1.33 bits per heavy atom. The van der Waals surface area contributed by atoms with E-state index in [-0.39, 0.29) is 42.9 Å². The minimum absolute atomic E-state index is 0. The quantitative estimate of drug-likeness (QED) is 0.541. The van der Waals surface area contributed by atoms with Crippen molar-refractivity contribution in [1.29, 1.82) is 0 Å². The third-order valence-electron chi connectivity index (χ3n) is 0.566. The van der Waals surface area contributed by atoms with Crippen LogP contribution in [0.3, 0.4) is 0 Å². The van der Waals surface area contributed by atoms with Gasteiger partial charge in [-0.25, -0.2) is 0 Å². The fourth-order valence-corrected chi connectivity index (χ4v) is 0.313. The van der Waals surface area contributed by atoms with Crippen LogP contribution in [0.15, 0.2) is 30.6 Å². The molecule has 0 aromatic carbocycles. The fraction of sp³-hybridized carbons (Fsp3) is 0. The first-order valence-corrected chi connectivity index (χ1v) is 1.85. The minimum Gasteiger partial charge on any atom is -0.265 e. The Labute approximate surface area is 78.5 Å². The summed E-state index contributed by atoms with van der Waals surface area (Å²) in [5, 5.41) is 0. The predicted molar refractivity (Wildman–Crippen MR) is 37.8 cm³/mol. The second-order valence-corrected chi connectivity index (χ2v) is 1.02. The fourth-order valence-electron chi connectivity index (χ4n) is 0.313. The van der Waals surface area contributed by atoms with Crippen molar-refractivity contribution in [3.8, 4) is 0 Å². The average molecular weight is 240 g/mol. The van der Waals surface area contributed by atoms with E-state index in [2.05, 4.69) is 4.98 Å². The van der Waals surface area contributed by atoms with E-state index in [4.69, 9.17) is 0 Å². The third-order valence-corrected chi connectivity index (χ3v) is 0.566. The van der Waals surface area contributed by atoms with E-state index in [1.165, 1.54) is 0 Å². The molecule has 0 bridgehead atoms. The second-order valence-electron chi connectivity index (χ2n) is 1.02. The maximum Gasteiger partial charge on any atom is 0.0267 e. The van der Waals surface area contributed by atoms with E-state index in [1.807, 2.05) is 18.2 Å². The second kappa shape index (κ2) is 11.1. The normalized spacial score (nSPS) is 5.33. The Hall–Kier alpha value is 0.292. The molecule has 4 heteroatoms. The van der Waals surface area contributed by atoms with Crippen LogP contribution in [0, 0.1) is 0 Å². The minimum atomic E-state index is 0. The molecule has 1 unspecified atom stereocenters. The van der Waals surface area contributed by atoms with E-state index in [0.29, 0.717) is 0 Å². The number of aromatic nitrogens is 1. The molecule has 1 rings (SSSR count). The van der Waals surface area contributed by atoms with Gasteiger partial charge in [-0.15, -0.1) is 0 Å². The maximum atomic E-state index is 3.78. The first kappa shape index (κ1) is 16.1. The van der Waals surface area contributed by atoms with Crippen molar-refractivity contribution in [2.75, 3.05) is 0 Å². The van der Waals surface area contributed by atoms with Crippen molar-refractivity contribution in [3.63, 3.8) is 0 Å². The summed E-state index contributed by atoms with van der Waals surface area (Å²) in [5.41, 5.74) is 0. The third kappa shape index (κ3) is 8.29. The molecule has 9 heavy (non-hydrogen) atoms. The molecular weight excluding hydrogens is 230 g/mol. The Morgan fingerprint density at radius 3 is 1.44 bits per heavy atom. The van der Waals surface area contributed by atoms with Crippen LogP contribution in [0.25, 0.3) is 0 Å². The van der Waals surface area contributed by atoms with Gasteiger partial charge in [0.15, 0.2) is 0 Å². The van der Waals surface area contributed by atoms with Crippen LogP contribution >= 0.6 is 0 Å². The van der Waals surface area contributed by atoms with Crippen LogP contribution in [0.5, 0.6) is 0 Å². The van der Waals surface area contributed by atoms with Crippen LogP contribution in [0.2, 0.25) is 0 Å². The molecule has 2 nitrogen and oxygen atoms in total. The van der Waals surface area contributed by atoms with Crippen LogP contribution in [-0.2, 0) is 19.5 Å². The van der Waals surface area contributed by atoms with Gasteiger partial charge < -0.3 is 5.48 Å². The van der Waals surface area contributed by atoms with Crippen LogP contribution < -0.4 is 0 Å². The van der Waals surface area contributed by atoms with Gasteiger partial charge in [0.05, 0.1) is 0 Å². The first-order valence-electron chi connectivity index (χ1n) is 1.85. The maximum absolute atomic E-state index is 3.78. The molecule has 1 aromatic rings. The summed E-state index contributed by atoms with van der Waals surface area (Å²) in [6, 6.07) is 5.72. The Morgan fingerprint density at radius 1 is 0.889 bits per heavy atom. The molecule has 0 fully saturated rings. The summed E-state index contributed by atoms with van der Waals surface area (Å²) < 4.78 is 0. The SMILES string of the molecule is O.[AsH3].[Zn].c1ccncc1. The average Bonchev–Trinajstić information content (AvgIpc) is 1.72. The van der Waals surface area contributed by atoms with Gasteiger partial charge in [0.25, 0.3) is 0 Å². The van der Waals surface area contributed by atoms with Gasteiger partial charge in [-0.2, -0.15) is 0 Å². The van der Waals surface area contributed by atoms with Gasteiger partial charge in [0.2, 0.25) is 0 Å². The zero-order valence-electron chi connectivity index (χ0n) is 5.25. The molecule has 0 aliphatic heterocycles. The Kier molecular flexibility index (Phi) is 20.0. The van der Waals surface area contributed by atoms with E-state index >= 15 is 0 Å². The van der Waals surface area contributed by atoms with Gasteiger partial charge in [-0.05, 0) is 12.1 Å². The summed E-state index contributed by atoms with van der Waals surface area (Å²) in [5.74, 6) is 0. The molecule has 2 N–H and O–H groups in total. The van der Waals surface area contributed by atoms with Crippen LogP contribution in [-0.4, -0.2) is 28.4 Å². The molecule has 1 heterocycles. The van der Waals surface area contributed by atoms with E-state index < -0.39 is 0 Å². The van der Waals surface area contributed by atoms with Crippen LogP contribution in [0.4, 0.5) is 0 Å². The number of rotatable bonds is 0. The van der Waals surface area contributed by atoms with Gasteiger partial charge in [0.1, 0.15) is 0 Å². The molecule has 0 spiro atoms. The summed E-state index contributed by atoms with van der Waals surface area (Å²) in [6.45, 7) is 0. The molecule has 0 radical (unpaired) electrons. The van der Waals surface area contributed by atoms with Crippen molar-refractivity contribution in [3.05, 3.63) is 30.6 Å². The predicted octanol–water partition coefficient (Wildman–Crippen LogP) is -0.930. The smallest absolute Gasteiger partial charge is 0.0267 e. The molecule has 0 aliphatic rings.